The molecule has 3 heterocycles. The molecule has 0 saturated carbocycles. The third-order valence-corrected chi connectivity index (χ3v) is 9.24. The summed E-state index contributed by atoms with van der Waals surface area (Å²) in [7, 11) is 0. The van der Waals surface area contributed by atoms with Crippen LogP contribution in [0.3, 0.4) is 0 Å². The predicted octanol–water partition coefficient (Wildman–Crippen LogP) is 8.85. The molecule has 9 rings (SSSR count). The Morgan fingerprint density at radius 1 is 0.810 bits per heavy atom. The van der Waals surface area contributed by atoms with E-state index in [0.29, 0.717) is 0 Å². The van der Waals surface area contributed by atoms with Gasteiger partial charge in [0.1, 0.15) is 11.3 Å². The summed E-state index contributed by atoms with van der Waals surface area (Å²) in [6.45, 7) is 0. The Balaban J connectivity index is 1.20. The van der Waals surface area contributed by atoms with Crippen LogP contribution in [0.25, 0.3) is 22.6 Å². The van der Waals surface area contributed by atoms with Gasteiger partial charge in [0.2, 0.25) is 5.96 Å². The van der Waals surface area contributed by atoms with Crippen LogP contribution in [0.15, 0.2) is 141 Å². The van der Waals surface area contributed by atoms with Crippen molar-refractivity contribution in [2.75, 3.05) is 4.90 Å². The molecule has 0 saturated heterocycles. The van der Waals surface area contributed by atoms with Crippen molar-refractivity contribution in [3.63, 3.8) is 0 Å². The van der Waals surface area contributed by atoms with Crippen molar-refractivity contribution >= 4 is 40.0 Å². The number of hydrogen-bond acceptors (Lipinski definition) is 4. The van der Waals surface area contributed by atoms with E-state index in [1.807, 2.05) is 6.07 Å². The van der Waals surface area contributed by atoms with Gasteiger partial charge in [-0.2, -0.15) is 0 Å². The largest absolute Gasteiger partial charge is 0.460 e. The van der Waals surface area contributed by atoms with E-state index in [2.05, 4.69) is 120 Å². The Morgan fingerprint density at radius 2 is 1.67 bits per heavy atom. The second-order valence-electron chi connectivity index (χ2n) is 11.6. The maximum Gasteiger partial charge on any atom is 0.231 e. The van der Waals surface area contributed by atoms with E-state index in [-0.39, 0.29) is 17.9 Å². The van der Waals surface area contributed by atoms with E-state index in [1.54, 1.807) is 0 Å². The van der Waals surface area contributed by atoms with E-state index in [0.717, 1.165) is 53.7 Å². The number of para-hydroxylation sites is 2. The highest BCUT2D eigenvalue weighted by Crippen LogP contribution is 2.51. The van der Waals surface area contributed by atoms with Crippen molar-refractivity contribution in [3.8, 4) is 0 Å². The van der Waals surface area contributed by atoms with Gasteiger partial charge in [0, 0.05) is 22.6 Å². The highest BCUT2D eigenvalue weighted by atomic mass is 16.3. The van der Waals surface area contributed by atoms with E-state index < -0.39 is 0 Å². The van der Waals surface area contributed by atoms with E-state index >= 15 is 0 Å². The lowest BCUT2D eigenvalue weighted by Gasteiger charge is -2.34. The molecule has 3 aliphatic carbocycles. The number of aliphatic imine (C=N–C) groups is 2. The first-order valence-corrected chi connectivity index (χ1v) is 14.9. The molecule has 42 heavy (non-hydrogen) atoms. The monoisotopic (exact) mass is 543 g/mol. The Morgan fingerprint density at radius 3 is 2.57 bits per heavy atom. The van der Waals surface area contributed by atoms with Gasteiger partial charge in [-0.25, -0.2) is 9.98 Å². The maximum atomic E-state index is 6.56. The molecule has 3 atom stereocenters. The summed E-state index contributed by atoms with van der Waals surface area (Å²) < 4.78 is 6.56. The zero-order valence-corrected chi connectivity index (χ0v) is 23.2. The van der Waals surface area contributed by atoms with Gasteiger partial charge in [0.05, 0.1) is 23.4 Å². The lowest BCUT2D eigenvalue weighted by molar-refractivity contribution is 0.506. The minimum Gasteiger partial charge on any atom is -0.460 e. The number of fused-ring (bicyclic) bond motifs is 8. The first kappa shape index (κ1) is 23.7. The predicted molar refractivity (Wildman–Crippen MR) is 172 cm³/mol. The molecule has 0 fully saturated rings. The molecule has 0 radical (unpaired) electrons. The molecule has 4 heteroatoms. The normalized spacial score (nSPS) is 23.7. The summed E-state index contributed by atoms with van der Waals surface area (Å²) in [6.07, 6.45) is 18.9. The van der Waals surface area contributed by atoms with Gasteiger partial charge in [0.15, 0.2) is 0 Å². The molecule has 3 unspecified atom stereocenters. The van der Waals surface area contributed by atoms with Crippen molar-refractivity contribution in [2.45, 2.75) is 31.2 Å². The van der Waals surface area contributed by atoms with Crippen molar-refractivity contribution in [3.05, 3.63) is 149 Å². The van der Waals surface area contributed by atoms with Gasteiger partial charge in [-0.05, 0) is 59.7 Å². The molecule has 4 nitrogen and oxygen atoms in total. The lowest BCUT2D eigenvalue weighted by Crippen LogP contribution is -2.41. The van der Waals surface area contributed by atoms with Crippen LogP contribution in [-0.2, 0) is 0 Å². The Kier molecular flexibility index (Phi) is 5.24. The number of nitrogens with zero attached hydrogens (tertiary/aromatic N) is 3. The van der Waals surface area contributed by atoms with Crippen LogP contribution < -0.4 is 4.90 Å². The van der Waals surface area contributed by atoms with Crippen LogP contribution in [-0.4, -0.2) is 17.7 Å². The molecule has 1 aromatic heterocycles. The van der Waals surface area contributed by atoms with Crippen molar-refractivity contribution in [1.29, 1.82) is 0 Å². The zero-order valence-electron chi connectivity index (χ0n) is 23.2. The van der Waals surface area contributed by atoms with Gasteiger partial charge in [-0.1, -0.05) is 103 Å². The van der Waals surface area contributed by atoms with Crippen LogP contribution in [0, 0.1) is 5.92 Å². The molecule has 0 N–H and O–H groups in total. The van der Waals surface area contributed by atoms with E-state index in [9.17, 15) is 0 Å². The van der Waals surface area contributed by atoms with Crippen LogP contribution in [0.2, 0.25) is 0 Å². The fraction of sp³-hybridized carbons (Fsp3) is 0.158. The molecule has 5 aliphatic rings. The van der Waals surface area contributed by atoms with Crippen molar-refractivity contribution < 1.29 is 4.42 Å². The summed E-state index contributed by atoms with van der Waals surface area (Å²) in [4.78, 5) is 13.1. The third kappa shape index (κ3) is 3.54. The molecule has 0 amide bonds. The number of benzene rings is 3. The quantitative estimate of drug-likeness (QED) is 0.253. The second kappa shape index (κ2) is 9.28. The van der Waals surface area contributed by atoms with Gasteiger partial charge < -0.3 is 9.32 Å². The third-order valence-electron chi connectivity index (χ3n) is 9.24. The lowest BCUT2D eigenvalue weighted by atomic mass is 9.81. The topological polar surface area (TPSA) is 41.1 Å². The van der Waals surface area contributed by atoms with Crippen molar-refractivity contribution in [2.24, 2.45) is 15.9 Å². The van der Waals surface area contributed by atoms with Crippen LogP contribution in [0.1, 0.15) is 47.6 Å². The summed E-state index contributed by atoms with van der Waals surface area (Å²) >= 11 is 0. The Bertz CT molecular complexity index is 1980. The van der Waals surface area contributed by atoms with Gasteiger partial charge in [-0.15, -0.1) is 0 Å². The maximum absolute atomic E-state index is 6.56. The number of allylic oxidation sites excluding steroid dienone is 8. The Hall–Kier alpha value is -4.96. The average molecular weight is 544 g/mol. The van der Waals surface area contributed by atoms with E-state index in [4.69, 9.17) is 14.4 Å². The molecule has 2 aliphatic heterocycles. The minimum absolute atomic E-state index is 0.0336. The van der Waals surface area contributed by atoms with Crippen molar-refractivity contribution in [1.82, 2.24) is 0 Å². The molecular formula is C38H29N3O. The van der Waals surface area contributed by atoms with Gasteiger partial charge in [0.25, 0.3) is 0 Å². The minimum atomic E-state index is 0.0336. The fourth-order valence-corrected chi connectivity index (χ4v) is 7.30. The molecule has 202 valence electrons. The number of hydrogen-bond donors (Lipinski definition) is 0. The SMILES string of the molecule is C1=CC(C2=NC(N3c4ccccc4C4c5oc6ccccc6c5C=CC43)=NC3=CC=C(c4ccccc4)CC32)=CCC1. The molecular weight excluding hydrogens is 514 g/mol. The number of rotatable bonds is 2. The summed E-state index contributed by atoms with van der Waals surface area (Å²) in [5.41, 5.74) is 10.5. The number of guanidine groups is 1. The van der Waals surface area contributed by atoms with E-state index in [1.165, 1.54) is 33.2 Å². The number of anilines is 1. The van der Waals surface area contributed by atoms with Gasteiger partial charge in [-0.3, -0.25) is 0 Å². The van der Waals surface area contributed by atoms with Crippen LogP contribution in [0.4, 0.5) is 5.69 Å². The summed E-state index contributed by atoms with van der Waals surface area (Å²) in [5, 5.41) is 1.17. The first-order valence-electron chi connectivity index (χ1n) is 14.9. The first-order chi connectivity index (χ1) is 20.8. The van der Waals surface area contributed by atoms with Crippen LogP contribution in [0.5, 0.6) is 0 Å². The highest BCUT2D eigenvalue weighted by molar-refractivity contribution is 6.17. The smallest absolute Gasteiger partial charge is 0.231 e. The Labute approximate surface area is 245 Å². The fourth-order valence-electron chi connectivity index (χ4n) is 7.30. The molecule has 3 aromatic carbocycles. The van der Waals surface area contributed by atoms with Gasteiger partial charge >= 0.3 is 0 Å². The number of furan rings is 1. The summed E-state index contributed by atoms with van der Waals surface area (Å²) in [6, 6.07) is 27.8. The zero-order chi connectivity index (χ0) is 27.6. The van der Waals surface area contributed by atoms with Crippen LogP contribution >= 0.6 is 0 Å². The standard InChI is InChI=1S/C38H29N3O/c1-3-11-24(12-4-1)26-19-21-31-30(23-26)36(25-13-5-2-6-14-25)40-38(39-31)41-32-17-9-7-16-29(32)35-33(41)22-20-28-27-15-8-10-18-34(27)42-37(28)35/h1,3-5,7-22,30,33,35H,2,6,23H2. The second-order valence-corrected chi connectivity index (χ2v) is 11.6. The summed E-state index contributed by atoms with van der Waals surface area (Å²) in [5.74, 6) is 1.99. The molecule has 0 bridgehead atoms. The average Bonchev–Trinajstić information content (AvgIpc) is 3.61. The molecule has 0 spiro atoms. The molecule has 4 aromatic rings. The highest BCUT2D eigenvalue weighted by Gasteiger charge is 2.46.